The number of halogens is 1. The van der Waals surface area contributed by atoms with Gasteiger partial charge in [0.05, 0.1) is 18.8 Å². The van der Waals surface area contributed by atoms with Gasteiger partial charge >= 0.3 is 11.9 Å². The predicted octanol–water partition coefficient (Wildman–Crippen LogP) is 3.82. The van der Waals surface area contributed by atoms with E-state index in [0.717, 1.165) is 31.8 Å². The number of ether oxygens (including phenoxy) is 2. The van der Waals surface area contributed by atoms with Crippen molar-refractivity contribution in [3.63, 3.8) is 0 Å². The van der Waals surface area contributed by atoms with Crippen LogP contribution in [0, 0.1) is 0 Å². The van der Waals surface area contributed by atoms with Gasteiger partial charge in [0.1, 0.15) is 5.75 Å². The Morgan fingerprint density at radius 3 is 2.45 bits per heavy atom. The molecule has 1 N–H and O–H groups in total. The number of aromatic carboxylic acids is 1. The van der Waals surface area contributed by atoms with Gasteiger partial charge in [0.25, 0.3) is 0 Å². The van der Waals surface area contributed by atoms with Crippen LogP contribution in [-0.4, -0.2) is 30.3 Å². The van der Waals surface area contributed by atoms with Gasteiger partial charge in [-0.3, -0.25) is 0 Å². The minimum absolute atomic E-state index is 0.210. The van der Waals surface area contributed by atoms with Crippen LogP contribution in [0.5, 0.6) is 5.75 Å². The van der Waals surface area contributed by atoms with Crippen LogP contribution in [0.25, 0.3) is 0 Å². The molecule has 0 aliphatic heterocycles. The molecule has 0 saturated heterocycles. The first-order valence-corrected chi connectivity index (χ1v) is 7.78. The van der Waals surface area contributed by atoms with Gasteiger partial charge in [0, 0.05) is 10.5 Å². The van der Waals surface area contributed by atoms with Crippen molar-refractivity contribution < 1.29 is 24.2 Å². The van der Waals surface area contributed by atoms with Crippen molar-refractivity contribution in [1.29, 1.82) is 0 Å². The molecule has 0 radical (unpaired) electrons. The lowest BCUT2D eigenvalue weighted by molar-refractivity contribution is -0.137. The van der Waals surface area contributed by atoms with Crippen LogP contribution >= 0.6 is 15.9 Å². The predicted molar refractivity (Wildman–Crippen MR) is 86.2 cm³/mol. The van der Waals surface area contributed by atoms with E-state index in [0.29, 0.717) is 23.4 Å². The maximum atomic E-state index is 10.9. The van der Waals surface area contributed by atoms with Gasteiger partial charge in [-0.15, -0.1) is 0 Å². The first kappa shape index (κ1) is 18.2. The zero-order valence-corrected chi connectivity index (χ0v) is 13.8. The molecule has 0 amide bonds. The third kappa shape index (κ3) is 6.76. The Balaban J connectivity index is 2.15. The Hall–Kier alpha value is -1.82. The fourth-order valence-electron chi connectivity index (χ4n) is 1.74. The van der Waals surface area contributed by atoms with E-state index in [-0.39, 0.29) is 5.56 Å². The van der Waals surface area contributed by atoms with Gasteiger partial charge in [-0.2, -0.15) is 0 Å². The van der Waals surface area contributed by atoms with Crippen LogP contribution < -0.4 is 4.74 Å². The van der Waals surface area contributed by atoms with Crippen LogP contribution in [0.1, 0.15) is 36.0 Å². The van der Waals surface area contributed by atoms with Crippen LogP contribution in [0.4, 0.5) is 0 Å². The maximum absolute atomic E-state index is 10.9. The summed E-state index contributed by atoms with van der Waals surface area (Å²) in [6.45, 7) is 4.30. The highest BCUT2D eigenvalue weighted by Crippen LogP contribution is 2.23. The third-order valence-corrected chi connectivity index (χ3v) is 3.55. The normalized spacial score (nSPS) is 10.0. The van der Waals surface area contributed by atoms with Gasteiger partial charge in [-0.05, 0) is 59.8 Å². The molecule has 0 aliphatic rings. The molecule has 0 bridgehead atoms. The number of benzene rings is 1. The van der Waals surface area contributed by atoms with E-state index in [1.54, 1.807) is 12.1 Å². The molecule has 0 aromatic heterocycles. The zero-order valence-electron chi connectivity index (χ0n) is 12.2. The molecule has 5 nitrogen and oxygen atoms in total. The second kappa shape index (κ2) is 10.00. The van der Waals surface area contributed by atoms with Crippen molar-refractivity contribution in [3.05, 3.63) is 40.9 Å². The minimum atomic E-state index is -0.976. The summed E-state index contributed by atoms with van der Waals surface area (Å²) in [4.78, 5) is 21.7. The number of carbonyl (C=O) groups excluding carboxylic acids is 1. The van der Waals surface area contributed by atoms with Crippen molar-refractivity contribution in [2.45, 2.75) is 25.7 Å². The maximum Gasteiger partial charge on any atom is 0.336 e. The molecule has 0 aliphatic carbocycles. The highest BCUT2D eigenvalue weighted by molar-refractivity contribution is 9.10. The summed E-state index contributed by atoms with van der Waals surface area (Å²) >= 11 is 3.21. The molecular weight excluding hydrogens is 352 g/mol. The lowest BCUT2D eigenvalue weighted by atomic mass is 10.2. The highest BCUT2D eigenvalue weighted by Gasteiger charge is 2.08. The Morgan fingerprint density at radius 2 is 1.86 bits per heavy atom. The molecule has 6 heteroatoms. The second-order valence-electron chi connectivity index (χ2n) is 4.58. The zero-order chi connectivity index (χ0) is 16.4. The number of carbonyl (C=O) groups is 2. The summed E-state index contributed by atoms with van der Waals surface area (Å²) in [7, 11) is 0. The number of carboxylic acids is 1. The third-order valence-electron chi connectivity index (χ3n) is 2.89. The summed E-state index contributed by atoms with van der Waals surface area (Å²) < 4.78 is 10.9. The average Bonchev–Trinajstić information content (AvgIpc) is 2.49. The van der Waals surface area contributed by atoms with Crippen LogP contribution in [0.2, 0.25) is 0 Å². The molecule has 0 heterocycles. The van der Waals surface area contributed by atoms with Gasteiger partial charge in [0.15, 0.2) is 0 Å². The monoisotopic (exact) mass is 370 g/mol. The van der Waals surface area contributed by atoms with Crippen molar-refractivity contribution in [2.24, 2.45) is 0 Å². The summed E-state index contributed by atoms with van der Waals surface area (Å²) in [6.07, 6.45) is 4.78. The van der Waals surface area contributed by atoms with E-state index in [1.807, 2.05) is 0 Å². The van der Waals surface area contributed by atoms with E-state index >= 15 is 0 Å². The first-order valence-electron chi connectivity index (χ1n) is 6.99. The van der Waals surface area contributed by atoms with Gasteiger partial charge < -0.3 is 14.6 Å². The van der Waals surface area contributed by atoms with Crippen molar-refractivity contribution in [1.82, 2.24) is 0 Å². The van der Waals surface area contributed by atoms with Crippen molar-refractivity contribution >= 4 is 27.9 Å². The van der Waals surface area contributed by atoms with E-state index in [2.05, 4.69) is 22.5 Å². The molecule has 120 valence electrons. The molecule has 0 spiro atoms. The van der Waals surface area contributed by atoms with Crippen LogP contribution in [0.15, 0.2) is 35.3 Å². The lowest BCUT2D eigenvalue weighted by Gasteiger charge is -2.08. The Labute approximate surface area is 138 Å². The first-order chi connectivity index (χ1) is 10.5. The summed E-state index contributed by atoms with van der Waals surface area (Å²) in [6, 6.07) is 4.80. The number of esters is 1. The van der Waals surface area contributed by atoms with Crippen molar-refractivity contribution in [3.8, 4) is 5.75 Å². The molecule has 22 heavy (non-hydrogen) atoms. The summed E-state index contributed by atoms with van der Waals surface area (Å²) in [5.74, 6) is -0.730. The summed E-state index contributed by atoms with van der Waals surface area (Å²) in [5.41, 5.74) is 0.210. The van der Waals surface area contributed by atoms with Gasteiger partial charge in [0.2, 0.25) is 0 Å². The minimum Gasteiger partial charge on any atom is -0.494 e. The Kier molecular flexibility index (Phi) is 8.28. The average molecular weight is 371 g/mol. The molecule has 0 fully saturated rings. The number of unbranched alkanes of at least 4 members (excludes halogenated alkanes) is 3. The largest absolute Gasteiger partial charge is 0.494 e. The fraction of sp³-hybridized carbons (Fsp3) is 0.375. The van der Waals surface area contributed by atoms with Gasteiger partial charge in [-0.1, -0.05) is 6.58 Å². The molecular formula is C16H19BrO5. The SMILES string of the molecule is C=CC(=O)OCCCCCCOc1ccc(C(=O)O)c(Br)c1. The number of carboxylic acid groups (broad SMARTS) is 1. The summed E-state index contributed by atoms with van der Waals surface area (Å²) in [5, 5.41) is 8.92. The number of hydrogen-bond donors (Lipinski definition) is 1. The molecule has 0 unspecified atom stereocenters. The van der Waals surface area contributed by atoms with E-state index in [9.17, 15) is 9.59 Å². The topological polar surface area (TPSA) is 72.8 Å². The van der Waals surface area contributed by atoms with Crippen LogP contribution in [-0.2, 0) is 9.53 Å². The van der Waals surface area contributed by atoms with E-state index in [1.165, 1.54) is 6.07 Å². The smallest absolute Gasteiger partial charge is 0.336 e. The number of rotatable bonds is 10. The van der Waals surface area contributed by atoms with Crippen LogP contribution in [0.3, 0.4) is 0 Å². The molecule has 1 aromatic rings. The van der Waals surface area contributed by atoms with E-state index in [4.69, 9.17) is 14.6 Å². The Bertz CT molecular complexity index is 527. The standard InChI is InChI=1S/C16H19BrO5/c1-2-15(18)22-10-6-4-3-5-9-21-12-7-8-13(16(19)20)14(17)11-12/h2,7-8,11H,1,3-6,9-10H2,(H,19,20). The van der Waals surface area contributed by atoms with E-state index < -0.39 is 11.9 Å². The quantitative estimate of drug-likeness (QED) is 0.385. The molecule has 1 rings (SSSR count). The Morgan fingerprint density at radius 1 is 1.18 bits per heavy atom. The second-order valence-corrected chi connectivity index (χ2v) is 5.44. The highest BCUT2D eigenvalue weighted by atomic mass is 79.9. The number of hydrogen-bond acceptors (Lipinski definition) is 4. The molecule has 0 atom stereocenters. The molecule has 1 aromatic carbocycles. The molecule has 0 saturated carbocycles. The fourth-order valence-corrected chi connectivity index (χ4v) is 2.27. The lowest BCUT2D eigenvalue weighted by Crippen LogP contribution is -2.02. The van der Waals surface area contributed by atoms with Crippen molar-refractivity contribution in [2.75, 3.05) is 13.2 Å². The van der Waals surface area contributed by atoms with Gasteiger partial charge in [-0.25, -0.2) is 9.59 Å².